The summed E-state index contributed by atoms with van der Waals surface area (Å²) in [4.78, 5) is 8.49. The summed E-state index contributed by atoms with van der Waals surface area (Å²) in [5.74, 6) is 0. The molecule has 0 aromatic carbocycles. The Bertz CT molecular complexity index is 535. The Labute approximate surface area is 118 Å². The number of thiophene rings is 1. The fourth-order valence-corrected chi connectivity index (χ4v) is 3.74. The minimum atomic E-state index is 0.0788. The highest BCUT2D eigenvalue weighted by Gasteiger charge is 2.28. The maximum absolute atomic E-state index is 6.22. The zero-order valence-corrected chi connectivity index (χ0v) is 11.9. The van der Waals surface area contributed by atoms with Gasteiger partial charge in [-0.05, 0) is 42.5 Å². The zero-order chi connectivity index (χ0) is 13.2. The van der Waals surface area contributed by atoms with Crippen LogP contribution in [0.2, 0.25) is 0 Å². The van der Waals surface area contributed by atoms with Gasteiger partial charge in [0, 0.05) is 30.2 Å². The minimum Gasteiger partial charge on any atom is -0.326 e. The molecule has 0 spiro atoms. The van der Waals surface area contributed by atoms with E-state index in [4.69, 9.17) is 5.73 Å². The summed E-state index contributed by atoms with van der Waals surface area (Å²) in [5, 5.41) is 2.19. The molecule has 0 fully saturated rings. The second-order valence-corrected chi connectivity index (χ2v) is 6.15. The Hall–Kier alpha value is -1.23. The molecule has 19 heavy (non-hydrogen) atoms. The van der Waals surface area contributed by atoms with Gasteiger partial charge in [0.1, 0.15) is 0 Å². The highest BCUT2D eigenvalue weighted by atomic mass is 32.1. The number of pyridine rings is 1. The fraction of sp³-hybridized carbons (Fsp3) is 0.400. The topological polar surface area (TPSA) is 42.1 Å². The van der Waals surface area contributed by atoms with E-state index in [0.29, 0.717) is 0 Å². The Morgan fingerprint density at radius 2 is 2.26 bits per heavy atom. The standard InChI is InChI=1S/C15H19N3S/c1-11(16)15(13-4-2-3-7-17-13)18-8-5-14-12(10-18)6-9-19-14/h2-4,6-7,9,11,15H,5,8,10,16H2,1H3. The van der Waals surface area contributed by atoms with Crippen LogP contribution in [0.25, 0.3) is 0 Å². The van der Waals surface area contributed by atoms with Crippen molar-refractivity contribution in [2.45, 2.75) is 32.0 Å². The molecule has 4 heteroatoms. The van der Waals surface area contributed by atoms with Crippen molar-refractivity contribution in [1.29, 1.82) is 0 Å². The lowest BCUT2D eigenvalue weighted by atomic mass is 10.00. The third-order valence-electron chi connectivity index (χ3n) is 3.72. The summed E-state index contributed by atoms with van der Waals surface area (Å²) in [6.07, 6.45) is 2.98. The van der Waals surface area contributed by atoms with Crippen LogP contribution in [0.3, 0.4) is 0 Å². The van der Waals surface area contributed by atoms with Crippen LogP contribution in [0.1, 0.15) is 29.1 Å². The summed E-state index contributed by atoms with van der Waals surface area (Å²) in [6.45, 7) is 4.13. The molecule has 2 unspecified atom stereocenters. The maximum atomic E-state index is 6.22. The van der Waals surface area contributed by atoms with E-state index in [0.717, 1.165) is 25.2 Å². The van der Waals surface area contributed by atoms with E-state index >= 15 is 0 Å². The molecule has 2 N–H and O–H groups in total. The normalized spacial score (nSPS) is 18.8. The lowest BCUT2D eigenvalue weighted by molar-refractivity contribution is 0.157. The molecule has 0 radical (unpaired) electrons. The Balaban J connectivity index is 1.87. The van der Waals surface area contributed by atoms with Gasteiger partial charge in [-0.2, -0.15) is 0 Å². The first-order chi connectivity index (χ1) is 9.25. The predicted octanol–water partition coefficient (Wildman–Crippen LogP) is 2.59. The zero-order valence-electron chi connectivity index (χ0n) is 11.1. The Kier molecular flexibility index (Phi) is 3.64. The third kappa shape index (κ3) is 2.56. The number of fused-ring (bicyclic) bond motifs is 1. The summed E-state index contributed by atoms with van der Waals surface area (Å²) >= 11 is 1.87. The smallest absolute Gasteiger partial charge is 0.0673 e. The second kappa shape index (κ2) is 5.41. The summed E-state index contributed by atoms with van der Waals surface area (Å²) in [7, 11) is 0. The molecule has 0 saturated carbocycles. The van der Waals surface area contributed by atoms with Crippen molar-refractivity contribution >= 4 is 11.3 Å². The van der Waals surface area contributed by atoms with Crippen LogP contribution in [0, 0.1) is 0 Å². The molecule has 2 atom stereocenters. The monoisotopic (exact) mass is 273 g/mol. The molecule has 2 aromatic heterocycles. The van der Waals surface area contributed by atoms with Gasteiger partial charge < -0.3 is 5.73 Å². The van der Waals surface area contributed by atoms with Crippen LogP contribution in [-0.4, -0.2) is 22.5 Å². The van der Waals surface area contributed by atoms with Crippen LogP contribution >= 0.6 is 11.3 Å². The SMILES string of the molecule is CC(N)C(c1ccccn1)N1CCc2sccc2C1. The molecule has 1 aliphatic rings. The van der Waals surface area contributed by atoms with Crippen molar-refractivity contribution in [3.05, 3.63) is 52.0 Å². The van der Waals surface area contributed by atoms with Crippen molar-refractivity contribution in [3.63, 3.8) is 0 Å². The lowest BCUT2D eigenvalue weighted by Gasteiger charge is -2.36. The highest BCUT2D eigenvalue weighted by Crippen LogP contribution is 2.30. The van der Waals surface area contributed by atoms with Crippen molar-refractivity contribution in [1.82, 2.24) is 9.88 Å². The fourth-order valence-electron chi connectivity index (χ4n) is 2.85. The van der Waals surface area contributed by atoms with Gasteiger partial charge in [0.2, 0.25) is 0 Å². The molecule has 0 amide bonds. The van der Waals surface area contributed by atoms with E-state index in [2.05, 4.69) is 34.3 Å². The number of hydrogen-bond donors (Lipinski definition) is 1. The number of rotatable bonds is 3. The number of hydrogen-bond acceptors (Lipinski definition) is 4. The maximum Gasteiger partial charge on any atom is 0.0673 e. The number of nitrogens with two attached hydrogens (primary N) is 1. The lowest BCUT2D eigenvalue weighted by Crippen LogP contribution is -2.42. The molecular formula is C15H19N3S. The minimum absolute atomic E-state index is 0.0788. The van der Waals surface area contributed by atoms with E-state index in [1.807, 2.05) is 29.7 Å². The van der Waals surface area contributed by atoms with Gasteiger partial charge in [-0.15, -0.1) is 11.3 Å². The first-order valence-electron chi connectivity index (χ1n) is 6.71. The summed E-state index contributed by atoms with van der Waals surface area (Å²) < 4.78 is 0. The second-order valence-electron chi connectivity index (χ2n) is 5.15. The average molecular weight is 273 g/mol. The summed E-state index contributed by atoms with van der Waals surface area (Å²) in [6, 6.07) is 8.59. The molecule has 0 saturated heterocycles. The van der Waals surface area contributed by atoms with Gasteiger partial charge in [-0.1, -0.05) is 6.07 Å². The Morgan fingerprint density at radius 1 is 1.37 bits per heavy atom. The van der Waals surface area contributed by atoms with Gasteiger partial charge in [0.25, 0.3) is 0 Å². The van der Waals surface area contributed by atoms with Gasteiger partial charge in [-0.25, -0.2) is 0 Å². The first kappa shape index (κ1) is 12.8. The van der Waals surface area contributed by atoms with Crippen molar-refractivity contribution in [2.75, 3.05) is 6.54 Å². The summed E-state index contributed by atoms with van der Waals surface area (Å²) in [5.41, 5.74) is 8.75. The van der Waals surface area contributed by atoms with Gasteiger partial charge in [0.05, 0.1) is 11.7 Å². The van der Waals surface area contributed by atoms with E-state index in [-0.39, 0.29) is 12.1 Å². The molecule has 100 valence electrons. The van der Waals surface area contributed by atoms with Crippen LogP contribution in [-0.2, 0) is 13.0 Å². The molecule has 3 rings (SSSR count). The molecule has 1 aliphatic heterocycles. The molecule has 0 aliphatic carbocycles. The highest BCUT2D eigenvalue weighted by molar-refractivity contribution is 7.10. The van der Waals surface area contributed by atoms with Gasteiger partial charge in [0.15, 0.2) is 0 Å². The van der Waals surface area contributed by atoms with Crippen molar-refractivity contribution in [2.24, 2.45) is 5.73 Å². The van der Waals surface area contributed by atoms with Crippen LogP contribution < -0.4 is 5.73 Å². The Morgan fingerprint density at radius 3 is 3.00 bits per heavy atom. The molecule has 2 aromatic rings. The quantitative estimate of drug-likeness (QED) is 0.934. The van der Waals surface area contributed by atoms with Gasteiger partial charge in [-0.3, -0.25) is 9.88 Å². The van der Waals surface area contributed by atoms with Crippen molar-refractivity contribution in [3.8, 4) is 0 Å². The number of nitrogens with zero attached hydrogens (tertiary/aromatic N) is 2. The third-order valence-corrected chi connectivity index (χ3v) is 4.74. The van der Waals surface area contributed by atoms with Crippen LogP contribution in [0.4, 0.5) is 0 Å². The molecular weight excluding hydrogens is 254 g/mol. The van der Waals surface area contributed by atoms with E-state index < -0.39 is 0 Å². The predicted molar refractivity (Wildman–Crippen MR) is 79.1 cm³/mol. The first-order valence-corrected chi connectivity index (χ1v) is 7.59. The molecule has 0 bridgehead atoms. The van der Waals surface area contributed by atoms with E-state index in [9.17, 15) is 0 Å². The van der Waals surface area contributed by atoms with Gasteiger partial charge >= 0.3 is 0 Å². The van der Waals surface area contributed by atoms with Crippen LogP contribution in [0.5, 0.6) is 0 Å². The van der Waals surface area contributed by atoms with Crippen molar-refractivity contribution < 1.29 is 0 Å². The van der Waals surface area contributed by atoms with E-state index in [1.54, 1.807) is 0 Å². The largest absolute Gasteiger partial charge is 0.326 e. The average Bonchev–Trinajstić information content (AvgIpc) is 2.87. The molecule has 3 heterocycles. The van der Waals surface area contributed by atoms with Crippen LogP contribution in [0.15, 0.2) is 35.8 Å². The molecule has 3 nitrogen and oxygen atoms in total. The number of aromatic nitrogens is 1. The van der Waals surface area contributed by atoms with E-state index in [1.165, 1.54) is 10.4 Å².